The molecule has 6 nitrogen and oxygen atoms in total. The highest BCUT2D eigenvalue weighted by atomic mass is 16.5. The van der Waals surface area contributed by atoms with Crippen LogP contribution in [0.1, 0.15) is 52.9 Å². The third-order valence-corrected chi connectivity index (χ3v) is 8.03. The van der Waals surface area contributed by atoms with Crippen LogP contribution in [0, 0.1) is 34.5 Å². The molecule has 0 radical (unpaired) electrons. The molecule has 28 heavy (non-hydrogen) atoms. The molecule has 0 aromatic heterocycles. The minimum absolute atomic E-state index is 0.0526. The number of aldehydes is 1. The molecule has 0 aliphatic heterocycles. The molecule has 3 rings (SSSR count). The van der Waals surface area contributed by atoms with E-state index in [4.69, 9.17) is 4.74 Å². The van der Waals surface area contributed by atoms with Crippen molar-refractivity contribution < 1.29 is 29.3 Å². The number of ether oxygens (including phenoxy) is 1. The van der Waals surface area contributed by atoms with Gasteiger partial charge in [-0.25, -0.2) is 0 Å². The SMILES string of the molecule is C=C(C=O)C1CCC2C(C1)C(=O)C(O)C1C(C)(COC(C)=O)CCC(O)C21C. The number of hydrogen-bond donors (Lipinski definition) is 2. The summed E-state index contributed by atoms with van der Waals surface area (Å²) in [5.74, 6) is -1.60. The van der Waals surface area contributed by atoms with Crippen molar-refractivity contribution in [3.63, 3.8) is 0 Å². The number of carbonyl (C=O) groups is 3. The Kier molecular flexibility index (Phi) is 5.58. The third kappa shape index (κ3) is 3.14. The molecular formula is C22H32O6. The molecule has 0 amide bonds. The molecule has 3 aliphatic rings. The summed E-state index contributed by atoms with van der Waals surface area (Å²) in [6.45, 7) is 9.22. The molecule has 0 spiro atoms. The zero-order valence-electron chi connectivity index (χ0n) is 17.0. The lowest BCUT2D eigenvalue weighted by Gasteiger charge is -2.63. The lowest BCUT2D eigenvalue weighted by molar-refractivity contribution is -0.223. The van der Waals surface area contributed by atoms with Crippen molar-refractivity contribution in [2.75, 3.05) is 6.61 Å². The third-order valence-electron chi connectivity index (χ3n) is 8.03. The zero-order chi connectivity index (χ0) is 20.9. The van der Waals surface area contributed by atoms with E-state index < -0.39 is 40.8 Å². The maximum absolute atomic E-state index is 13.2. The normalized spacial score (nSPS) is 45.5. The van der Waals surface area contributed by atoms with Crippen LogP contribution in [0.4, 0.5) is 0 Å². The van der Waals surface area contributed by atoms with Crippen LogP contribution in [0.25, 0.3) is 0 Å². The van der Waals surface area contributed by atoms with Gasteiger partial charge in [-0.05, 0) is 49.5 Å². The van der Waals surface area contributed by atoms with Gasteiger partial charge < -0.3 is 14.9 Å². The lowest BCUT2D eigenvalue weighted by Crippen LogP contribution is -2.67. The van der Waals surface area contributed by atoms with Crippen molar-refractivity contribution in [2.45, 2.75) is 65.1 Å². The standard InChI is InChI=1S/C22H32O6/c1-12(10-23)14-5-6-16-15(9-14)18(26)19(27)20-21(3,11-28-13(2)24)8-7-17(25)22(16,20)4/h10,14-17,19-20,25,27H,1,5-9,11H2,2-4H3. The van der Waals surface area contributed by atoms with E-state index in [1.54, 1.807) is 0 Å². The molecule has 0 aromatic carbocycles. The highest BCUT2D eigenvalue weighted by molar-refractivity contribution is 5.87. The zero-order valence-corrected chi connectivity index (χ0v) is 17.0. The van der Waals surface area contributed by atoms with Gasteiger partial charge >= 0.3 is 5.97 Å². The topological polar surface area (TPSA) is 101 Å². The van der Waals surface area contributed by atoms with Crippen LogP contribution in [0.2, 0.25) is 0 Å². The van der Waals surface area contributed by atoms with Crippen LogP contribution in [-0.2, 0) is 19.1 Å². The molecule has 3 aliphatic carbocycles. The van der Waals surface area contributed by atoms with E-state index in [1.807, 2.05) is 13.8 Å². The van der Waals surface area contributed by atoms with Crippen LogP contribution in [0.5, 0.6) is 0 Å². The Morgan fingerprint density at radius 1 is 1.29 bits per heavy atom. The van der Waals surface area contributed by atoms with Crippen molar-refractivity contribution in [1.82, 2.24) is 0 Å². The fraction of sp³-hybridized carbons (Fsp3) is 0.773. The van der Waals surface area contributed by atoms with Gasteiger partial charge in [-0.3, -0.25) is 14.4 Å². The fourth-order valence-electron chi connectivity index (χ4n) is 6.56. The summed E-state index contributed by atoms with van der Waals surface area (Å²) in [4.78, 5) is 35.7. The summed E-state index contributed by atoms with van der Waals surface area (Å²) < 4.78 is 5.30. The summed E-state index contributed by atoms with van der Waals surface area (Å²) in [6.07, 6.45) is 1.96. The van der Waals surface area contributed by atoms with Crippen molar-refractivity contribution >= 4 is 18.0 Å². The van der Waals surface area contributed by atoms with E-state index in [9.17, 15) is 24.6 Å². The monoisotopic (exact) mass is 392 g/mol. The van der Waals surface area contributed by atoms with Gasteiger partial charge in [-0.15, -0.1) is 0 Å². The van der Waals surface area contributed by atoms with Crippen LogP contribution in [-0.4, -0.2) is 47.1 Å². The van der Waals surface area contributed by atoms with Crippen LogP contribution >= 0.6 is 0 Å². The Labute approximate surface area is 166 Å². The van der Waals surface area contributed by atoms with E-state index in [-0.39, 0.29) is 24.2 Å². The molecule has 3 fully saturated rings. The van der Waals surface area contributed by atoms with Gasteiger partial charge in [0.2, 0.25) is 0 Å². The van der Waals surface area contributed by atoms with Crippen LogP contribution in [0.15, 0.2) is 12.2 Å². The number of rotatable bonds is 4. The molecule has 0 aromatic rings. The first-order valence-corrected chi connectivity index (χ1v) is 10.2. The summed E-state index contributed by atoms with van der Waals surface area (Å²) in [5, 5.41) is 22.1. The van der Waals surface area contributed by atoms with Gasteiger partial charge in [0.25, 0.3) is 0 Å². The molecule has 8 atom stereocenters. The van der Waals surface area contributed by atoms with Crippen molar-refractivity contribution in [1.29, 1.82) is 0 Å². The molecule has 0 bridgehead atoms. The van der Waals surface area contributed by atoms with Gasteiger partial charge in [-0.2, -0.15) is 0 Å². The second-order valence-corrected chi connectivity index (χ2v) is 9.60. The molecule has 2 N–H and O–H groups in total. The van der Waals surface area contributed by atoms with Gasteiger partial charge in [0, 0.05) is 29.6 Å². The minimum atomic E-state index is -1.22. The fourth-order valence-corrected chi connectivity index (χ4v) is 6.56. The maximum Gasteiger partial charge on any atom is 0.302 e. The first-order valence-electron chi connectivity index (χ1n) is 10.2. The average Bonchev–Trinajstić information content (AvgIpc) is 2.67. The lowest BCUT2D eigenvalue weighted by atomic mass is 9.42. The summed E-state index contributed by atoms with van der Waals surface area (Å²) in [5.41, 5.74) is -0.737. The van der Waals surface area contributed by atoms with Gasteiger partial charge in [0.15, 0.2) is 5.78 Å². The first-order chi connectivity index (χ1) is 13.1. The molecule has 3 saturated carbocycles. The number of aliphatic hydroxyl groups is 2. The van der Waals surface area contributed by atoms with Crippen molar-refractivity contribution in [3.8, 4) is 0 Å². The molecule has 6 heteroatoms. The number of aliphatic hydroxyl groups excluding tert-OH is 2. The summed E-state index contributed by atoms with van der Waals surface area (Å²) >= 11 is 0. The van der Waals surface area contributed by atoms with Gasteiger partial charge in [0.1, 0.15) is 12.4 Å². The van der Waals surface area contributed by atoms with Crippen LogP contribution < -0.4 is 0 Å². The maximum atomic E-state index is 13.2. The number of ketones is 1. The predicted octanol–water partition coefficient (Wildman–Crippen LogP) is 2.06. The van der Waals surface area contributed by atoms with Gasteiger partial charge in [0.05, 0.1) is 12.7 Å². The molecule has 8 unspecified atom stereocenters. The summed E-state index contributed by atoms with van der Waals surface area (Å²) in [7, 11) is 0. The average molecular weight is 392 g/mol. The summed E-state index contributed by atoms with van der Waals surface area (Å²) in [6, 6.07) is 0. The second-order valence-electron chi connectivity index (χ2n) is 9.60. The Hall–Kier alpha value is -1.53. The van der Waals surface area contributed by atoms with E-state index in [1.165, 1.54) is 6.92 Å². The molecular weight excluding hydrogens is 360 g/mol. The van der Waals surface area contributed by atoms with Crippen molar-refractivity contribution in [2.24, 2.45) is 34.5 Å². The van der Waals surface area contributed by atoms with E-state index in [0.29, 0.717) is 31.3 Å². The molecule has 0 heterocycles. The second kappa shape index (κ2) is 7.38. The van der Waals surface area contributed by atoms with E-state index in [0.717, 1.165) is 12.7 Å². The van der Waals surface area contributed by atoms with Gasteiger partial charge in [-0.1, -0.05) is 20.4 Å². The number of hydrogen-bond acceptors (Lipinski definition) is 6. The Morgan fingerprint density at radius 2 is 1.96 bits per heavy atom. The predicted molar refractivity (Wildman–Crippen MR) is 102 cm³/mol. The number of esters is 1. The van der Waals surface area contributed by atoms with Crippen LogP contribution in [0.3, 0.4) is 0 Å². The number of allylic oxidation sites excluding steroid dienone is 1. The van der Waals surface area contributed by atoms with E-state index in [2.05, 4.69) is 6.58 Å². The first kappa shape index (κ1) is 21.2. The number of carbonyl (C=O) groups excluding carboxylic acids is 3. The number of Topliss-reactive ketones (excluding diaryl/α,β-unsaturated/α-hetero) is 1. The molecule has 156 valence electrons. The molecule has 0 saturated heterocycles. The quantitative estimate of drug-likeness (QED) is 0.431. The largest absolute Gasteiger partial charge is 0.465 e. The highest BCUT2D eigenvalue weighted by Crippen LogP contribution is 2.63. The highest BCUT2D eigenvalue weighted by Gasteiger charge is 2.66. The minimum Gasteiger partial charge on any atom is -0.465 e. The Bertz CT molecular complexity index is 687. The smallest absolute Gasteiger partial charge is 0.302 e. The number of fused-ring (bicyclic) bond motifs is 3. The van der Waals surface area contributed by atoms with E-state index >= 15 is 0 Å². The Morgan fingerprint density at radius 3 is 2.57 bits per heavy atom. The Balaban J connectivity index is 1.98. The van der Waals surface area contributed by atoms with Crippen molar-refractivity contribution in [3.05, 3.63) is 12.2 Å².